The highest BCUT2D eigenvalue weighted by molar-refractivity contribution is 9.11. The molecule has 1 heterocycles. The van der Waals surface area contributed by atoms with Crippen LogP contribution in [0.15, 0.2) is 22.8 Å². The third kappa shape index (κ3) is 0.886. The van der Waals surface area contributed by atoms with Crippen LogP contribution in [0.5, 0.6) is 0 Å². The maximum Gasteiger partial charge on any atom is 0.0525 e. The Morgan fingerprint density at radius 3 is 3.20 bits per heavy atom. The smallest absolute Gasteiger partial charge is 0.0525 e. The molecule has 50 valence electrons. The SMILES string of the molecule is BrC1=Cc2cccnc2C1. The minimum Gasteiger partial charge on any atom is -0.260 e. The predicted octanol–water partition coefficient (Wildman–Crippen LogP) is 2.37. The van der Waals surface area contributed by atoms with E-state index in [1.54, 1.807) is 0 Å². The van der Waals surface area contributed by atoms with Crippen LogP contribution >= 0.6 is 15.9 Å². The van der Waals surface area contributed by atoms with Crippen LogP contribution in [0, 0.1) is 0 Å². The van der Waals surface area contributed by atoms with Crippen LogP contribution in [0.3, 0.4) is 0 Å². The van der Waals surface area contributed by atoms with Crippen molar-refractivity contribution in [3.63, 3.8) is 0 Å². The third-order valence-electron chi connectivity index (χ3n) is 1.57. The quantitative estimate of drug-likeness (QED) is 0.620. The first-order valence-corrected chi connectivity index (χ1v) is 3.95. The third-order valence-corrected chi connectivity index (χ3v) is 2.08. The molecular formula is C8H6BrN. The zero-order valence-corrected chi connectivity index (χ0v) is 6.93. The zero-order valence-electron chi connectivity index (χ0n) is 5.34. The van der Waals surface area contributed by atoms with Crippen LogP contribution in [0.4, 0.5) is 0 Å². The van der Waals surface area contributed by atoms with E-state index in [0.29, 0.717) is 0 Å². The average Bonchev–Trinajstić information content (AvgIpc) is 2.27. The molecule has 0 N–H and O–H groups in total. The number of allylic oxidation sites excluding steroid dienone is 1. The molecule has 0 saturated carbocycles. The van der Waals surface area contributed by atoms with E-state index in [1.165, 1.54) is 15.7 Å². The number of halogens is 1. The van der Waals surface area contributed by atoms with E-state index in [1.807, 2.05) is 12.3 Å². The molecule has 0 aromatic carbocycles. The Kier molecular flexibility index (Phi) is 1.34. The monoisotopic (exact) mass is 195 g/mol. The second kappa shape index (κ2) is 2.20. The van der Waals surface area contributed by atoms with Crippen molar-refractivity contribution < 1.29 is 0 Å². The van der Waals surface area contributed by atoms with Crippen LogP contribution in [0.25, 0.3) is 6.08 Å². The topological polar surface area (TPSA) is 12.9 Å². The van der Waals surface area contributed by atoms with E-state index in [4.69, 9.17) is 0 Å². The number of aromatic nitrogens is 1. The summed E-state index contributed by atoms with van der Waals surface area (Å²) >= 11 is 3.44. The van der Waals surface area contributed by atoms with Crippen LogP contribution in [-0.4, -0.2) is 4.98 Å². The Morgan fingerprint density at radius 2 is 2.40 bits per heavy atom. The fourth-order valence-electron chi connectivity index (χ4n) is 1.11. The van der Waals surface area contributed by atoms with Crippen molar-refractivity contribution in [2.75, 3.05) is 0 Å². The van der Waals surface area contributed by atoms with Gasteiger partial charge < -0.3 is 0 Å². The van der Waals surface area contributed by atoms with E-state index in [-0.39, 0.29) is 0 Å². The molecule has 0 amide bonds. The molecule has 1 aliphatic carbocycles. The largest absolute Gasteiger partial charge is 0.260 e. The highest BCUT2D eigenvalue weighted by atomic mass is 79.9. The Labute approximate surface area is 67.9 Å². The first kappa shape index (κ1) is 6.10. The average molecular weight is 196 g/mol. The summed E-state index contributed by atoms with van der Waals surface area (Å²) in [5, 5.41) is 0. The summed E-state index contributed by atoms with van der Waals surface area (Å²) in [5.74, 6) is 0. The van der Waals surface area contributed by atoms with E-state index >= 15 is 0 Å². The zero-order chi connectivity index (χ0) is 6.97. The number of hydrogen-bond acceptors (Lipinski definition) is 1. The molecule has 0 unspecified atom stereocenters. The molecule has 0 aliphatic heterocycles. The minimum atomic E-state index is 0.955. The molecular weight excluding hydrogens is 190 g/mol. The Bertz CT molecular complexity index is 291. The number of pyridine rings is 1. The minimum absolute atomic E-state index is 0.955. The molecule has 0 fully saturated rings. The van der Waals surface area contributed by atoms with Gasteiger partial charge in [0, 0.05) is 17.1 Å². The molecule has 1 aromatic heterocycles. The van der Waals surface area contributed by atoms with Gasteiger partial charge in [0.25, 0.3) is 0 Å². The highest BCUT2D eigenvalue weighted by Crippen LogP contribution is 2.25. The van der Waals surface area contributed by atoms with Gasteiger partial charge in [0.15, 0.2) is 0 Å². The summed E-state index contributed by atoms with van der Waals surface area (Å²) < 4.78 is 1.22. The lowest BCUT2D eigenvalue weighted by atomic mass is 10.2. The molecule has 2 heteroatoms. The van der Waals surface area contributed by atoms with Crippen LogP contribution in [0.1, 0.15) is 11.3 Å². The molecule has 10 heavy (non-hydrogen) atoms. The second-order valence-electron chi connectivity index (χ2n) is 2.31. The van der Waals surface area contributed by atoms with E-state index in [0.717, 1.165) is 6.42 Å². The fraction of sp³-hybridized carbons (Fsp3) is 0.125. The Hall–Kier alpha value is -0.630. The van der Waals surface area contributed by atoms with Gasteiger partial charge >= 0.3 is 0 Å². The van der Waals surface area contributed by atoms with Gasteiger partial charge in [0.2, 0.25) is 0 Å². The fourth-order valence-corrected chi connectivity index (χ4v) is 1.62. The van der Waals surface area contributed by atoms with Crippen molar-refractivity contribution in [3.8, 4) is 0 Å². The lowest BCUT2D eigenvalue weighted by Crippen LogP contribution is -1.84. The summed E-state index contributed by atoms with van der Waals surface area (Å²) in [6, 6.07) is 4.04. The summed E-state index contributed by atoms with van der Waals surface area (Å²) in [6.07, 6.45) is 4.90. The van der Waals surface area contributed by atoms with Crippen molar-refractivity contribution in [2.45, 2.75) is 6.42 Å². The van der Waals surface area contributed by atoms with Gasteiger partial charge in [-0.25, -0.2) is 0 Å². The highest BCUT2D eigenvalue weighted by Gasteiger charge is 2.09. The van der Waals surface area contributed by atoms with Crippen molar-refractivity contribution in [1.82, 2.24) is 4.98 Å². The van der Waals surface area contributed by atoms with Crippen molar-refractivity contribution in [1.29, 1.82) is 0 Å². The van der Waals surface area contributed by atoms with E-state index in [9.17, 15) is 0 Å². The summed E-state index contributed by atoms with van der Waals surface area (Å²) in [6.45, 7) is 0. The van der Waals surface area contributed by atoms with Gasteiger partial charge in [-0.05, 0) is 17.7 Å². The van der Waals surface area contributed by atoms with E-state index in [2.05, 4.69) is 33.1 Å². The second-order valence-corrected chi connectivity index (χ2v) is 3.33. The molecule has 1 nitrogen and oxygen atoms in total. The lowest BCUT2D eigenvalue weighted by Gasteiger charge is -1.92. The first-order chi connectivity index (χ1) is 4.86. The number of rotatable bonds is 0. The summed E-state index contributed by atoms with van der Waals surface area (Å²) in [7, 11) is 0. The van der Waals surface area contributed by atoms with Gasteiger partial charge in [-0.15, -0.1) is 0 Å². The normalized spacial score (nSPS) is 14.7. The number of hydrogen-bond donors (Lipinski definition) is 0. The van der Waals surface area contributed by atoms with Gasteiger partial charge in [-0.3, -0.25) is 4.98 Å². The molecule has 1 aliphatic rings. The standard InChI is InChI=1S/C8H6BrN/c9-7-4-6-2-1-3-10-8(6)5-7/h1-4H,5H2. The molecule has 0 saturated heterocycles. The number of nitrogens with zero attached hydrogens (tertiary/aromatic N) is 1. The molecule has 0 atom stereocenters. The van der Waals surface area contributed by atoms with Gasteiger partial charge in [-0.2, -0.15) is 0 Å². The molecule has 0 radical (unpaired) electrons. The summed E-state index contributed by atoms with van der Waals surface area (Å²) in [4.78, 5) is 4.23. The summed E-state index contributed by atoms with van der Waals surface area (Å²) in [5.41, 5.74) is 2.42. The first-order valence-electron chi connectivity index (χ1n) is 3.16. The lowest BCUT2D eigenvalue weighted by molar-refractivity contribution is 1.12. The molecule has 0 bridgehead atoms. The van der Waals surface area contributed by atoms with Crippen molar-refractivity contribution in [3.05, 3.63) is 34.1 Å². The van der Waals surface area contributed by atoms with Crippen LogP contribution < -0.4 is 0 Å². The molecule has 2 rings (SSSR count). The van der Waals surface area contributed by atoms with Crippen LogP contribution in [0.2, 0.25) is 0 Å². The molecule has 1 aromatic rings. The van der Waals surface area contributed by atoms with E-state index < -0.39 is 0 Å². The van der Waals surface area contributed by atoms with Gasteiger partial charge in [0.05, 0.1) is 5.69 Å². The van der Waals surface area contributed by atoms with Crippen molar-refractivity contribution in [2.24, 2.45) is 0 Å². The van der Waals surface area contributed by atoms with Crippen molar-refractivity contribution >= 4 is 22.0 Å². The maximum absolute atomic E-state index is 4.23. The van der Waals surface area contributed by atoms with Gasteiger partial charge in [0.1, 0.15) is 0 Å². The number of fused-ring (bicyclic) bond motifs is 1. The molecule has 0 spiro atoms. The predicted molar refractivity (Wildman–Crippen MR) is 44.8 cm³/mol. The Morgan fingerprint density at radius 1 is 1.50 bits per heavy atom. The Balaban J connectivity index is 2.54. The van der Waals surface area contributed by atoms with Crippen LogP contribution in [-0.2, 0) is 6.42 Å². The maximum atomic E-state index is 4.23. The van der Waals surface area contributed by atoms with Gasteiger partial charge in [-0.1, -0.05) is 22.0 Å².